The van der Waals surface area contributed by atoms with E-state index >= 15 is 0 Å². The number of benzene rings is 1. The fraction of sp³-hybridized carbons (Fsp3) is 0.417. The Balaban J connectivity index is 3.45. The number of aliphatic imine (C=N–C) groups is 1. The number of alkyl halides is 3. The maximum absolute atomic E-state index is 13.0. The highest BCUT2D eigenvalue weighted by Crippen LogP contribution is 2.34. The summed E-state index contributed by atoms with van der Waals surface area (Å²) in [7, 11) is 0. The molecule has 1 rings (SSSR count). The van der Waals surface area contributed by atoms with Gasteiger partial charge in [-0.15, -0.1) is 0 Å². The van der Waals surface area contributed by atoms with Gasteiger partial charge >= 0.3 is 6.18 Å². The Morgan fingerprint density at radius 2 is 1.84 bits per heavy atom. The average molecular weight is 338 g/mol. The van der Waals surface area contributed by atoms with Gasteiger partial charge in [-0.05, 0) is 39.0 Å². The Labute approximate surface area is 118 Å². The van der Waals surface area contributed by atoms with Crippen LogP contribution in [-0.4, -0.2) is 11.4 Å². The second kappa shape index (κ2) is 5.50. The zero-order valence-electron chi connectivity index (χ0n) is 10.8. The quantitative estimate of drug-likeness (QED) is 0.357. The Bertz CT molecular complexity index is 490. The van der Waals surface area contributed by atoms with E-state index in [2.05, 4.69) is 26.3 Å². The van der Waals surface area contributed by atoms with Gasteiger partial charge < -0.3 is 5.43 Å². The lowest BCUT2D eigenvalue weighted by Gasteiger charge is -2.19. The molecule has 0 radical (unpaired) electrons. The van der Waals surface area contributed by atoms with Crippen LogP contribution in [-0.2, 0) is 6.18 Å². The molecule has 0 aliphatic rings. The number of halogens is 4. The van der Waals surface area contributed by atoms with E-state index in [-0.39, 0.29) is 11.4 Å². The van der Waals surface area contributed by atoms with Crippen LogP contribution in [0.2, 0.25) is 0 Å². The highest BCUT2D eigenvalue weighted by molar-refractivity contribution is 9.10. The summed E-state index contributed by atoms with van der Waals surface area (Å²) < 4.78 is 39.4. The first kappa shape index (κ1) is 16.0. The molecule has 0 aliphatic carbocycles. The lowest BCUT2D eigenvalue weighted by atomic mass is 10.0. The molecule has 3 nitrogen and oxygen atoms in total. The number of amidine groups is 1. The van der Waals surface area contributed by atoms with Crippen molar-refractivity contribution in [1.82, 2.24) is 5.43 Å². The summed E-state index contributed by atoms with van der Waals surface area (Å²) in [6.07, 6.45) is -4.48. The smallest absolute Gasteiger partial charge is 0.308 e. The molecular weight excluding hydrogens is 323 g/mol. The van der Waals surface area contributed by atoms with Crippen LogP contribution in [0.5, 0.6) is 0 Å². The van der Waals surface area contributed by atoms with E-state index in [4.69, 9.17) is 5.84 Å². The van der Waals surface area contributed by atoms with Crippen molar-refractivity contribution in [2.75, 3.05) is 0 Å². The lowest BCUT2D eigenvalue weighted by Crippen LogP contribution is -2.35. The molecule has 0 bridgehead atoms. The van der Waals surface area contributed by atoms with Crippen LogP contribution in [0.3, 0.4) is 0 Å². The highest BCUT2D eigenvalue weighted by Gasteiger charge is 2.35. The van der Waals surface area contributed by atoms with Gasteiger partial charge in [0.1, 0.15) is 5.84 Å². The van der Waals surface area contributed by atoms with Crippen molar-refractivity contribution in [1.29, 1.82) is 0 Å². The third-order valence-corrected chi connectivity index (χ3v) is 2.62. The third kappa shape index (κ3) is 4.50. The van der Waals surface area contributed by atoms with Gasteiger partial charge in [-0.1, -0.05) is 15.9 Å². The van der Waals surface area contributed by atoms with Gasteiger partial charge in [0.05, 0.1) is 11.1 Å². The molecule has 1 aromatic rings. The summed E-state index contributed by atoms with van der Waals surface area (Å²) in [5, 5.41) is 0. The normalized spacial score (nSPS) is 13.6. The summed E-state index contributed by atoms with van der Waals surface area (Å²) in [6, 6.07) is 3.85. The monoisotopic (exact) mass is 337 g/mol. The lowest BCUT2D eigenvalue weighted by molar-refractivity contribution is -0.137. The molecule has 19 heavy (non-hydrogen) atoms. The van der Waals surface area contributed by atoms with Crippen molar-refractivity contribution >= 4 is 21.8 Å². The van der Waals surface area contributed by atoms with E-state index in [1.165, 1.54) is 12.1 Å². The number of rotatable bonds is 1. The zero-order chi connectivity index (χ0) is 14.8. The Hall–Kier alpha value is -1.08. The summed E-state index contributed by atoms with van der Waals surface area (Å²) >= 11 is 3.03. The Morgan fingerprint density at radius 3 is 2.26 bits per heavy atom. The fourth-order valence-corrected chi connectivity index (χ4v) is 1.82. The van der Waals surface area contributed by atoms with Crippen LogP contribution >= 0.6 is 15.9 Å². The van der Waals surface area contributed by atoms with Crippen molar-refractivity contribution in [2.24, 2.45) is 10.8 Å². The van der Waals surface area contributed by atoms with Gasteiger partial charge in [-0.3, -0.25) is 4.99 Å². The number of hydrazine groups is 1. The highest BCUT2D eigenvalue weighted by atomic mass is 79.9. The van der Waals surface area contributed by atoms with Crippen LogP contribution in [0.1, 0.15) is 31.9 Å². The standard InChI is InChI=1S/C12H15BrF3N3/c1-11(2,3)18-10(19-17)8-5-4-7(13)6-9(8)12(14,15)16/h4-6H,17H2,1-3H3,(H,18,19). The van der Waals surface area contributed by atoms with E-state index in [0.29, 0.717) is 4.47 Å². The molecule has 0 aromatic heterocycles. The average Bonchev–Trinajstić information content (AvgIpc) is 2.23. The summed E-state index contributed by atoms with van der Waals surface area (Å²) in [4.78, 5) is 4.17. The molecule has 7 heteroatoms. The second-order valence-corrected chi connectivity index (χ2v) is 5.88. The fourth-order valence-electron chi connectivity index (χ4n) is 1.46. The second-order valence-electron chi connectivity index (χ2n) is 4.96. The zero-order valence-corrected chi connectivity index (χ0v) is 12.4. The van der Waals surface area contributed by atoms with Crippen molar-refractivity contribution in [2.45, 2.75) is 32.5 Å². The molecule has 1 aromatic carbocycles. The largest absolute Gasteiger partial charge is 0.417 e. The van der Waals surface area contributed by atoms with E-state index in [9.17, 15) is 13.2 Å². The molecule has 0 atom stereocenters. The van der Waals surface area contributed by atoms with Gasteiger partial charge in [-0.2, -0.15) is 13.2 Å². The molecule has 0 aliphatic heterocycles. The molecule has 106 valence electrons. The number of nitrogens with two attached hydrogens (primary N) is 1. The van der Waals surface area contributed by atoms with Gasteiger partial charge in [0.2, 0.25) is 0 Å². The molecule has 0 heterocycles. The third-order valence-electron chi connectivity index (χ3n) is 2.13. The number of hydrogen-bond acceptors (Lipinski definition) is 2. The maximum Gasteiger partial charge on any atom is 0.417 e. The molecule has 0 spiro atoms. The molecule has 0 saturated carbocycles. The van der Waals surface area contributed by atoms with Gasteiger partial charge in [0.15, 0.2) is 0 Å². The molecule has 0 amide bonds. The topological polar surface area (TPSA) is 50.4 Å². The van der Waals surface area contributed by atoms with Crippen LogP contribution in [0.25, 0.3) is 0 Å². The predicted octanol–water partition coefficient (Wildman–Crippen LogP) is 3.48. The summed E-state index contributed by atoms with van der Waals surface area (Å²) in [6.45, 7) is 5.32. The van der Waals surface area contributed by atoms with E-state index < -0.39 is 17.3 Å². The molecule has 0 fully saturated rings. The molecular formula is C12H15BrF3N3. The number of hydrogen-bond donors (Lipinski definition) is 2. The Kier molecular flexibility index (Phi) is 4.63. The van der Waals surface area contributed by atoms with Gasteiger partial charge in [0, 0.05) is 10.0 Å². The SMILES string of the molecule is CC(C)(C)N=C(NN)c1ccc(Br)cc1C(F)(F)F. The van der Waals surface area contributed by atoms with E-state index in [1.54, 1.807) is 20.8 Å². The van der Waals surface area contributed by atoms with Gasteiger partial charge in [-0.25, -0.2) is 5.84 Å². The summed E-state index contributed by atoms with van der Waals surface area (Å²) in [5.74, 6) is 5.31. The predicted molar refractivity (Wildman–Crippen MR) is 72.8 cm³/mol. The van der Waals surface area contributed by atoms with Crippen molar-refractivity contribution in [3.05, 3.63) is 33.8 Å². The van der Waals surface area contributed by atoms with E-state index in [0.717, 1.165) is 6.07 Å². The summed E-state index contributed by atoms with van der Waals surface area (Å²) in [5.41, 5.74) is 0.833. The van der Waals surface area contributed by atoms with Crippen LogP contribution in [0.15, 0.2) is 27.7 Å². The van der Waals surface area contributed by atoms with Crippen LogP contribution in [0, 0.1) is 0 Å². The van der Waals surface area contributed by atoms with E-state index in [1.807, 2.05) is 0 Å². The molecule has 3 N–H and O–H groups in total. The number of nitrogens with zero attached hydrogens (tertiary/aromatic N) is 1. The molecule has 0 unspecified atom stereocenters. The minimum Gasteiger partial charge on any atom is -0.308 e. The maximum atomic E-state index is 13.0. The van der Waals surface area contributed by atoms with Crippen molar-refractivity contribution < 1.29 is 13.2 Å². The van der Waals surface area contributed by atoms with Crippen molar-refractivity contribution in [3.63, 3.8) is 0 Å². The molecule has 0 saturated heterocycles. The van der Waals surface area contributed by atoms with Gasteiger partial charge in [0.25, 0.3) is 0 Å². The first-order valence-electron chi connectivity index (χ1n) is 5.48. The first-order valence-corrected chi connectivity index (χ1v) is 6.27. The minimum absolute atomic E-state index is 0.00678. The first-order chi connectivity index (χ1) is 8.54. The minimum atomic E-state index is -4.48. The van der Waals surface area contributed by atoms with Crippen LogP contribution < -0.4 is 11.3 Å². The van der Waals surface area contributed by atoms with Crippen LogP contribution in [0.4, 0.5) is 13.2 Å². The van der Waals surface area contributed by atoms with Crippen molar-refractivity contribution in [3.8, 4) is 0 Å². The Morgan fingerprint density at radius 1 is 1.26 bits per heavy atom. The number of nitrogens with one attached hydrogen (secondary N) is 1.